The summed E-state index contributed by atoms with van der Waals surface area (Å²) in [5.74, 6) is -0.647. The highest BCUT2D eigenvalue weighted by molar-refractivity contribution is 7.92. The molecule has 0 radical (unpaired) electrons. The second kappa shape index (κ2) is 14.4. The van der Waals surface area contributed by atoms with E-state index in [4.69, 9.17) is 9.47 Å². The number of methoxy groups -OCH3 is 2. The smallest absolute Gasteiger partial charge is 0.244 e. The van der Waals surface area contributed by atoms with E-state index < -0.39 is 34.3 Å². The number of halogens is 1. The molecule has 9 nitrogen and oxygen atoms in total. The lowest BCUT2D eigenvalue weighted by Crippen LogP contribution is -2.54. The van der Waals surface area contributed by atoms with Crippen molar-refractivity contribution in [3.63, 3.8) is 0 Å². The van der Waals surface area contributed by atoms with E-state index in [0.717, 1.165) is 41.8 Å². The van der Waals surface area contributed by atoms with Gasteiger partial charge in [-0.3, -0.25) is 13.9 Å². The van der Waals surface area contributed by atoms with Crippen LogP contribution < -0.4 is 19.1 Å². The van der Waals surface area contributed by atoms with Crippen LogP contribution in [-0.4, -0.2) is 64.2 Å². The Hall–Kier alpha value is -4.12. The molecule has 43 heavy (non-hydrogen) atoms. The van der Waals surface area contributed by atoms with Gasteiger partial charge in [0.05, 0.1) is 26.2 Å². The minimum atomic E-state index is -3.95. The van der Waals surface area contributed by atoms with E-state index in [9.17, 15) is 22.4 Å². The van der Waals surface area contributed by atoms with Gasteiger partial charge in [0.2, 0.25) is 21.8 Å². The topological polar surface area (TPSA) is 105 Å². The normalized spacial score (nSPS) is 14.1. The summed E-state index contributed by atoms with van der Waals surface area (Å²) in [4.78, 5) is 29.5. The van der Waals surface area contributed by atoms with Crippen LogP contribution in [0, 0.1) is 5.82 Å². The molecule has 3 aromatic carbocycles. The summed E-state index contributed by atoms with van der Waals surface area (Å²) in [6, 6.07) is 18.6. The van der Waals surface area contributed by atoms with Gasteiger partial charge in [-0.05, 0) is 48.2 Å². The molecule has 230 valence electrons. The first kappa shape index (κ1) is 31.8. The number of hydrogen-bond donors (Lipinski definition) is 1. The number of ether oxygens (including phenoxy) is 2. The van der Waals surface area contributed by atoms with Gasteiger partial charge in [0.15, 0.2) is 11.5 Å². The SMILES string of the molecule is COc1ccc(N(CC(=O)N(Cc2ccc(F)cc2)[C@@H](Cc2ccccc2)C(=O)NC2CCCC2)S(C)(=O)=O)cc1OC. The molecule has 0 heterocycles. The molecule has 1 atom stereocenters. The highest BCUT2D eigenvalue weighted by atomic mass is 32.2. The predicted molar refractivity (Wildman–Crippen MR) is 163 cm³/mol. The molecule has 0 aliphatic heterocycles. The van der Waals surface area contributed by atoms with Crippen LogP contribution in [0.15, 0.2) is 72.8 Å². The summed E-state index contributed by atoms with van der Waals surface area (Å²) in [7, 11) is -1.06. The molecule has 0 spiro atoms. The van der Waals surface area contributed by atoms with Crippen molar-refractivity contribution in [3.8, 4) is 11.5 Å². The number of nitrogens with zero attached hydrogens (tertiary/aromatic N) is 2. The van der Waals surface area contributed by atoms with Gasteiger partial charge in [-0.2, -0.15) is 0 Å². The number of amides is 2. The Kier molecular flexibility index (Phi) is 10.6. The van der Waals surface area contributed by atoms with Crippen molar-refractivity contribution in [1.29, 1.82) is 0 Å². The Bertz CT molecular complexity index is 1500. The molecule has 3 aromatic rings. The lowest BCUT2D eigenvalue weighted by molar-refractivity contribution is -0.140. The maximum absolute atomic E-state index is 14.2. The fourth-order valence-electron chi connectivity index (χ4n) is 5.30. The first-order chi connectivity index (χ1) is 20.6. The van der Waals surface area contributed by atoms with Crippen molar-refractivity contribution >= 4 is 27.5 Å². The zero-order chi connectivity index (χ0) is 31.0. The number of sulfonamides is 1. The van der Waals surface area contributed by atoms with Crippen LogP contribution in [0.4, 0.5) is 10.1 Å². The Morgan fingerprint density at radius 2 is 1.58 bits per heavy atom. The lowest BCUT2D eigenvalue weighted by atomic mass is 10.0. The number of rotatable bonds is 13. The molecule has 0 bridgehead atoms. The van der Waals surface area contributed by atoms with Crippen molar-refractivity contribution in [2.45, 2.75) is 50.7 Å². The van der Waals surface area contributed by atoms with Crippen molar-refractivity contribution in [1.82, 2.24) is 10.2 Å². The molecular formula is C32H38FN3O6S. The summed E-state index contributed by atoms with van der Waals surface area (Å²) in [5.41, 5.74) is 1.63. The minimum absolute atomic E-state index is 0.00725. The van der Waals surface area contributed by atoms with Crippen LogP contribution in [0.3, 0.4) is 0 Å². The average molecular weight is 612 g/mol. The predicted octanol–water partition coefficient (Wildman–Crippen LogP) is 4.31. The summed E-state index contributed by atoms with van der Waals surface area (Å²) in [6.45, 7) is -0.601. The molecule has 1 N–H and O–H groups in total. The minimum Gasteiger partial charge on any atom is -0.493 e. The third-order valence-corrected chi connectivity index (χ3v) is 8.71. The highest BCUT2D eigenvalue weighted by Crippen LogP contribution is 2.32. The van der Waals surface area contributed by atoms with Gasteiger partial charge < -0.3 is 19.7 Å². The van der Waals surface area contributed by atoms with Crippen molar-refractivity contribution in [3.05, 3.63) is 89.7 Å². The number of carbonyl (C=O) groups excluding carboxylic acids is 2. The fraction of sp³-hybridized carbons (Fsp3) is 0.375. The van der Waals surface area contributed by atoms with Crippen LogP contribution in [0.1, 0.15) is 36.8 Å². The molecule has 2 amide bonds. The van der Waals surface area contributed by atoms with Crippen molar-refractivity contribution in [2.24, 2.45) is 0 Å². The molecule has 0 aromatic heterocycles. The third-order valence-electron chi connectivity index (χ3n) is 7.57. The second-order valence-corrected chi connectivity index (χ2v) is 12.6. The molecule has 1 saturated carbocycles. The first-order valence-electron chi connectivity index (χ1n) is 14.2. The summed E-state index contributed by atoms with van der Waals surface area (Å²) >= 11 is 0. The molecule has 0 unspecified atom stereocenters. The third kappa shape index (κ3) is 8.47. The van der Waals surface area contributed by atoms with E-state index >= 15 is 0 Å². The van der Waals surface area contributed by atoms with Gasteiger partial charge in [0, 0.05) is 25.1 Å². The van der Waals surface area contributed by atoms with E-state index in [1.54, 1.807) is 18.2 Å². The van der Waals surface area contributed by atoms with Gasteiger partial charge in [-0.1, -0.05) is 55.3 Å². The van der Waals surface area contributed by atoms with Crippen LogP contribution in [0.5, 0.6) is 11.5 Å². The summed E-state index contributed by atoms with van der Waals surface area (Å²) < 4.78 is 51.4. The summed E-state index contributed by atoms with van der Waals surface area (Å²) in [6.07, 6.45) is 4.97. The van der Waals surface area contributed by atoms with E-state index in [1.807, 2.05) is 30.3 Å². The number of carbonyl (C=O) groups is 2. The van der Waals surface area contributed by atoms with E-state index in [1.165, 1.54) is 43.4 Å². The number of benzene rings is 3. The Balaban J connectivity index is 1.73. The zero-order valence-electron chi connectivity index (χ0n) is 24.7. The quantitative estimate of drug-likeness (QED) is 0.309. The van der Waals surface area contributed by atoms with Gasteiger partial charge in [0.1, 0.15) is 18.4 Å². The molecular weight excluding hydrogens is 573 g/mol. The Labute approximate surface area is 252 Å². The first-order valence-corrected chi connectivity index (χ1v) is 16.0. The largest absolute Gasteiger partial charge is 0.493 e. The van der Waals surface area contributed by atoms with Crippen LogP contribution in [0.2, 0.25) is 0 Å². The van der Waals surface area contributed by atoms with Crippen molar-refractivity contribution in [2.75, 3.05) is 31.3 Å². The van der Waals surface area contributed by atoms with E-state index in [-0.39, 0.29) is 30.6 Å². The maximum Gasteiger partial charge on any atom is 0.244 e. The molecule has 11 heteroatoms. The molecule has 4 rings (SSSR count). The number of hydrogen-bond acceptors (Lipinski definition) is 6. The number of anilines is 1. The van der Waals surface area contributed by atoms with Crippen molar-refractivity contribution < 1.29 is 31.9 Å². The molecule has 0 saturated heterocycles. The van der Waals surface area contributed by atoms with E-state index in [0.29, 0.717) is 17.1 Å². The summed E-state index contributed by atoms with van der Waals surface area (Å²) in [5, 5.41) is 3.12. The van der Waals surface area contributed by atoms with Crippen LogP contribution in [0.25, 0.3) is 0 Å². The Morgan fingerprint density at radius 1 is 0.930 bits per heavy atom. The zero-order valence-corrected chi connectivity index (χ0v) is 25.5. The molecule has 1 aliphatic carbocycles. The second-order valence-electron chi connectivity index (χ2n) is 10.7. The van der Waals surface area contributed by atoms with E-state index in [2.05, 4.69) is 5.32 Å². The number of nitrogens with one attached hydrogen (secondary N) is 1. The molecule has 1 aliphatic rings. The lowest BCUT2D eigenvalue weighted by Gasteiger charge is -2.34. The van der Waals surface area contributed by atoms with Gasteiger partial charge >= 0.3 is 0 Å². The molecule has 1 fully saturated rings. The van der Waals surface area contributed by atoms with Gasteiger partial charge in [0.25, 0.3) is 0 Å². The van der Waals surface area contributed by atoms with Gasteiger partial charge in [-0.15, -0.1) is 0 Å². The van der Waals surface area contributed by atoms with Crippen LogP contribution >= 0.6 is 0 Å². The fourth-order valence-corrected chi connectivity index (χ4v) is 6.14. The van der Waals surface area contributed by atoms with Crippen LogP contribution in [-0.2, 0) is 32.6 Å². The standard InChI is InChI=1S/C32H38FN3O6S/c1-41-29-18-17-27(20-30(29)42-2)36(43(3,39)40)22-31(37)35(21-24-13-15-25(33)16-14-24)28(19-23-9-5-4-6-10-23)32(38)34-26-11-7-8-12-26/h4-6,9-10,13-18,20,26,28H,7-8,11-12,19,21-22H2,1-3H3,(H,34,38)/t28-/m0/s1. The van der Waals surface area contributed by atoms with Gasteiger partial charge in [-0.25, -0.2) is 12.8 Å². The maximum atomic E-state index is 14.2. The average Bonchev–Trinajstić information content (AvgIpc) is 3.51. The highest BCUT2D eigenvalue weighted by Gasteiger charge is 2.34. The Morgan fingerprint density at radius 3 is 2.19 bits per heavy atom. The monoisotopic (exact) mass is 611 g/mol.